The number of benzene rings is 1. The van der Waals surface area contributed by atoms with E-state index in [2.05, 4.69) is 5.32 Å². The third kappa shape index (κ3) is 4.66. The summed E-state index contributed by atoms with van der Waals surface area (Å²) >= 11 is 0. The summed E-state index contributed by atoms with van der Waals surface area (Å²) in [5.74, 6) is -0.577. The topological polar surface area (TPSA) is 81.4 Å². The number of hydrogen-bond donors (Lipinski definition) is 2. The minimum atomic E-state index is -0.796. The van der Waals surface area contributed by atoms with Crippen molar-refractivity contribution in [3.8, 4) is 0 Å². The van der Waals surface area contributed by atoms with E-state index in [1.807, 2.05) is 32.0 Å². The number of carbonyl (C=O) groups is 2. The summed E-state index contributed by atoms with van der Waals surface area (Å²) in [6.45, 7) is 3.94. The summed E-state index contributed by atoms with van der Waals surface area (Å²) in [5.41, 5.74) is 6.60. The molecule has 0 aliphatic rings. The lowest BCUT2D eigenvalue weighted by atomic mass is 10.0. The van der Waals surface area contributed by atoms with E-state index in [-0.39, 0.29) is 11.8 Å². The summed E-state index contributed by atoms with van der Waals surface area (Å²) in [6.07, 6.45) is 0.514. The van der Waals surface area contributed by atoms with Crippen LogP contribution in [0.2, 0.25) is 0 Å². The second kappa shape index (κ2) is 7.65. The molecule has 0 heterocycles. The van der Waals surface area contributed by atoms with Gasteiger partial charge < -0.3 is 15.8 Å². The van der Waals surface area contributed by atoms with E-state index in [0.29, 0.717) is 12.0 Å². The van der Waals surface area contributed by atoms with Crippen molar-refractivity contribution in [3.05, 3.63) is 35.9 Å². The Hall–Kier alpha value is -1.88. The molecule has 5 heteroatoms. The molecule has 1 aromatic rings. The Morgan fingerprint density at radius 3 is 2.35 bits per heavy atom. The van der Waals surface area contributed by atoms with Crippen molar-refractivity contribution in [1.82, 2.24) is 5.32 Å². The average Bonchev–Trinajstić information content (AvgIpc) is 2.45. The van der Waals surface area contributed by atoms with Gasteiger partial charge in [0.05, 0.1) is 7.11 Å². The Morgan fingerprint density at radius 1 is 1.25 bits per heavy atom. The highest BCUT2D eigenvalue weighted by atomic mass is 16.5. The summed E-state index contributed by atoms with van der Waals surface area (Å²) in [5, 5.41) is 2.66. The molecular weight excluding hydrogens is 256 g/mol. The van der Waals surface area contributed by atoms with Gasteiger partial charge in [0.2, 0.25) is 5.91 Å². The van der Waals surface area contributed by atoms with Crippen LogP contribution in [-0.2, 0) is 14.3 Å². The highest BCUT2D eigenvalue weighted by molar-refractivity contribution is 5.88. The zero-order valence-corrected chi connectivity index (χ0v) is 12.1. The van der Waals surface area contributed by atoms with Gasteiger partial charge in [-0.05, 0) is 17.9 Å². The lowest BCUT2D eigenvalue weighted by Crippen LogP contribution is -2.46. The van der Waals surface area contributed by atoms with Crippen LogP contribution in [0, 0.1) is 5.92 Å². The maximum atomic E-state index is 12.1. The van der Waals surface area contributed by atoms with Crippen LogP contribution in [0.1, 0.15) is 31.9 Å². The number of ether oxygens (including phenoxy) is 1. The lowest BCUT2D eigenvalue weighted by Gasteiger charge is -2.20. The average molecular weight is 278 g/mol. The third-order valence-electron chi connectivity index (χ3n) is 2.95. The number of esters is 1. The number of nitrogens with one attached hydrogen (secondary N) is 1. The molecule has 110 valence electrons. The van der Waals surface area contributed by atoms with E-state index in [0.717, 1.165) is 0 Å². The van der Waals surface area contributed by atoms with Crippen LogP contribution in [-0.4, -0.2) is 25.0 Å². The van der Waals surface area contributed by atoms with Crippen LogP contribution in [0.25, 0.3) is 0 Å². The Balaban J connectivity index is 2.72. The molecule has 1 aromatic carbocycles. The molecule has 0 bridgehead atoms. The van der Waals surface area contributed by atoms with Gasteiger partial charge >= 0.3 is 5.97 Å². The van der Waals surface area contributed by atoms with E-state index in [1.54, 1.807) is 12.1 Å². The minimum absolute atomic E-state index is 0.257. The van der Waals surface area contributed by atoms with Crippen LogP contribution in [0.3, 0.4) is 0 Å². The van der Waals surface area contributed by atoms with E-state index in [4.69, 9.17) is 10.5 Å². The van der Waals surface area contributed by atoms with Crippen LogP contribution < -0.4 is 11.1 Å². The zero-order valence-electron chi connectivity index (χ0n) is 12.1. The SMILES string of the molecule is COC(=O)[C@H](CC(C)C)NC(=O)[C@H](N)c1ccccc1. The van der Waals surface area contributed by atoms with Crippen molar-refractivity contribution >= 4 is 11.9 Å². The molecule has 1 rings (SSSR count). The second-order valence-corrected chi connectivity index (χ2v) is 5.10. The molecule has 5 nitrogen and oxygen atoms in total. The number of nitrogens with two attached hydrogens (primary N) is 1. The fourth-order valence-corrected chi connectivity index (χ4v) is 1.90. The first-order chi connectivity index (χ1) is 9.45. The maximum absolute atomic E-state index is 12.1. The molecule has 0 spiro atoms. The normalized spacial score (nSPS) is 13.7. The highest BCUT2D eigenvalue weighted by Crippen LogP contribution is 2.12. The smallest absolute Gasteiger partial charge is 0.328 e. The summed E-state index contributed by atoms with van der Waals surface area (Å²) in [6, 6.07) is 7.57. The lowest BCUT2D eigenvalue weighted by molar-refractivity contribution is -0.145. The molecule has 0 fully saturated rings. The molecule has 2 atom stereocenters. The van der Waals surface area contributed by atoms with Crippen molar-refractivity contribution in [2.45, 2.75) is 32.4 Å². The van der Waals surface area contributed by atoms with Crippen LogP contribution in [0.15, 0.2) is 30.3 Å². The molecule has 0 unspecified atom stereocenters. The van der Waals surface area contributed by atoms with Crippen molar-refractivity contribution in [2.75, 3.05) is 7.11 Å². The molecule has 0 aliphatic carbocycles. The first-order valence-electron chi connectivity index (χ1n) is 6.64. The molecular formula is C15H22N2O3. The van der Waals surface area contributed by atoms with Crippen molar-refractivity contribution in [1.29, 1.82) is 0 Å². The molecule has 0 aliphatic heterocycles. The number of carbonyl (C=O) groups excluding carboxylic acids is 2. The van der Waals surface area contributed by atoms with E-state index in [9.17, 15) is 9.59 Å². The summed E-state index contributed by atoms with van der Waals surface area (Å²) in [4.78, 5) is 23.8. The van der Waals surface area contributed by atoms with Gasteiger partial charge in [-0.15, -0.1) is 0 Å². The standard InChI is InChI=1S/C15H22N2O3/c1-10(2)9-12(15(19)20-3)17-14(18)13(16)11-7-5-4-6-8-11/h4-8,10,12-13H,9,16H2,1-3H3,(H,17,18)/t12-,13+/m0/s1. The van der Waals surface area contributed by atoms with Crippen molar-refractivity contribution in [3.63, 3.8) is 0 Å². The number of rotatable bonds is 6. The van der Waals surface area contributed by atoms with Gasteiger partial charge in [0.15, 0.2) is 0 Å². The summed E-state index contributed by atoms with van der Waals surface area (Å²) < 4.78 is 4.71. The van der Waals surface area contributed by atoms with E-state index >= 15 is 0 Å². The Labute approximate surface area is 119 Å². The predicted molar refractivity (Wildman–Crippen MR) is 76.8 cm³/mol. The zero-order chi connectivity index (χ0) is 15.1. The van der Waals surface area contributed by atoms with Gasteiger partial charge in [-0.3, -0.25) is 4.79 Å². The highest BCUT2D eigenvalue weighted by Gasteiger charge is 2.25. The number of hydrogen-bond acceptors (Lipinski definition) is 4. The predicted octanol–water partition coefficient (Wildman–Crippen LogP) is 1.39. The van der Waals surface area contributed by atoms with Gasteiger partial charge in [-0.25, -0.2) is 4.79 Å². The second-order valence-electron chi connectivity index (χ2n) is 5.10. The first kappa shape index (κ1) is 16.2. The quantitative estimate of drug-likeness (QED) is 0.770. The van der Waals surface area contributed by atoms with Gasteiger partial charge in [0.25, 0.3) is 0 Å². The van der Waals surface area contributed by atoms with Crippen molar-refractivity contribution in [2.24, 2.45) is 11.7 Å². The molecule has 0 saturated carbocycles. The van der Waals surface area contributed by atoms with Crippen LogP contribution >= 0.6 is 0 Å². The van der Waals surface area contributed by atoms with Crippen LogP contribution in [0.5, 0.6) is 0 Å². The molecule has 0 saturated heterocycles. The van der Waals surface area contributed by atoms with Crippen LogP contribution in [0.4, 0.5) is 0 Å². The van der Waals surface area contributed by atoms with Gasteiger partial charge in [0, 0.05) is 0 Å². The summed E-state index contributed by atoms with van der Waals surface area (Å²) in [7, 11) is 1.30. The number of methoxy groups -OCH3 is 1. The Bertz CT molecular complexity index is 446. The Morgan fingerprint density at radius 2 is 1.85 bits per heavy atom. The third-order valence-corrected chi connectivity index (χ3v) is 2.95. The fraction of sp³-hybridized carbons (Fsp3) is 0.467. The molecule has 0 radical (unpaired) electrons. The van der Waals surface area contributed by atoms with Crippen molar-refractivity contribution < 1.29 is 14.3 Å². The maximum Gasteiger partial charge on any atom is 0.328 e. The molecule has 1 amide bonds. The fourth-order valence-electron chi connectivity index (χ4n) is 1.90. The van der Waals surface area contributed by atoms with Gasteiger partial charge in [-0.1, -0.05) is 44.2 Å². The first-order valence-corrected chi connectivity index (χ1v) is 6.64. The Kier molecular flexibility index (Phi) is 6.18. The molecule has 0 aromatic heterocycles. The van der Waals surface area contributed by atoms with Gasteiger partial charge in [-0.2, -0.15) is 0 Å². The minimum Gasteiger partial charge on any atom is -0.467 e. The molecule has 20 heavy (non-hydrogen) atoms. The van der Waals surface area contributed by atoms with E-state index < -0.39 is 18.1 Å². The van der Waals surface area contributed by atoms with Gasteiger partial charge in [0.1, 0.15) is 12.1 Å². The number of amides is 1. The van der Waals surface area contributed by atoms with E-state index in [1.165, 1.54) is 7.11 Å². The largest absolute Gasteiger partial charge is 0.467 e. The monoisotopic (exact) mass is 278 g/mol. The molecule has 3 N–H and O–H groups in total.